The van der Waals surface area contributed by atoms with Gasteiger partial charge in [0.25, 0.3) is 5.91 Å². The predicted octanol–water partition coefficient (Wildman–Crippen LogP) is 5.11. The van der Waals surface area contributed by atoms with Crippen molar-refractivity contribution >= 4 is 69.7 Å². The van der Waals surface area contributed by atoms with Gasteiger partial charge in [0.15, 0.2) is 6.61 Å². The smallest absolute Gasteiger partial charge is 0.346 e. The number of carbonyl (C=O) groups is 3. The summed E-state index contributed by atoms with van der Waals surface area (Å²) in [5.41, 5.74) is 0.696. The molecule has 0 fully saturated rings. The molecule has 2 aliphatic heterocycles. The lowest BCUT2D eigenvalue weighted by Crippen LogP contribution is -2.57. The van der Waals surface area contributed by atoms with E-state index in [0.717, 1.165) is 23.5 Å². The molecular formula is C27H24FNO7S3. The number of hydrogen-bond acceptors (Lipinski definition) is 10. The summed E-state index contributed by atoms with van der Waals surface area (Å²) in [5, 5.41) is 0. The second kappa shape index (κ2) is 11.4. The first-order valence-electron chi connectivity index (χ1n) is 11.5. The summed E-state index contributed by atoms with van der Waals surface area (Å²) in [6, 6.07) is 10.6. The first kappa shape index (κ1) is 28.7. The van der Waals surface area contributed by atoms with Crippen LogP contribution < -0.4 is 14.4 Å². The number of benzene rings is 2. The van der Waals surface area contributed by atoms with Crippen LogP contribution in [0.3, 0.4) is 0 Å². The molecule has 0 spiro atoms. The summed E-state index contributed by atoms with van der Waals surface area (Å²) in [6.07, 6.45) is 0. The molecule has 2 aromatic rings. The zero-order valence-corrected chi connectivity index (χ0v) is 24.1. The molecule has 2 aromatic carbocycles. The molecule has 0 aliphatic carbocycles. The molecular weight excluding hydrogens is 565 g/mol. The van der Waals surface area contributed by atoms with Crippen molar-refractivity contribution in [3.8, 4) is 11.5 Å². The summed E-state index contributed by atoms with van der Waals surface area (Å²) in [5.74, 6) is -1.28. The van der Waals surface area contributed by atoms with E-state index in [0.29, 0.717) is 37.4 Å². The van der Waals surface area contributed by atoms with Crippen LogP contribution in [-0.2, 0) is 23.9 Å². The van der Waals surface area contributed by atoms with Crippen molar-refractivity contribution in [3.05, 3.63) is 67.9 Å². The van der Waals surface area contributed by atoms with Crippen molar-refractivity contribution in [1.29, 1.82) is 0 Å². The molecule has 39 heavy (non-hydrogen) atoms. The zero-order valence-electron chi connectivity index (χ0n) is 21.7. The van der Waals surface area contributed by atoms with Crippen molar-refractivity contribution in [2.24, 2.45) is 0 Å². The fourth-order valence-corrected chi connectivity index (χ4v) is 7.15. The van der Waals surface area contributed by atoms with Crippen molar-refractivity contribution in [2.45, 2.75) is 19.4 Å². The number of carbonyl (C=O) groups excluding carboxylic acids is 3. The SMILES string of the molecule is COC(=O)C1=C(C(=O)OC)SC(=C2C(=S)C(C)(C)N(C(=O)COc3ccc(F)cc3)c3ccc(OC)cc32)S1. The quantitative estimate of drug-likeness (QED) is 0.257. The largest absolute Gasteiger partial charge is 0.497 e. The Hall–Kier alpha value is -3.35. The normalized spacial score (nSPS) is 16.2. The first-order chi connectivity index (χ1) is 18.5. The number of fused-ring (bicyclic) bond motifs is 1. The summed E-state index contributed by atoms with van der Waals surface area (Å²) in [6.45, 7) is 3.29. The van der Waals surface area contributed by atoms with E-state index in [-0.39, 0.29) is 22.3 Å². The van der Waals surface area contributed by atoms with Gasteiger partial charge < -0.3 is 18.9 Å². The fourth-order valence-electron chi connectivity index (χ4n) is 4.11. The van der Waals surface area contributed by atoms with E-state index >= 15 is 0 Å². The minimum absolute atomic E-state index is 0.0908. The molecule has 12 heteroatoms. The van der Waals surface area contributed by atoms with Crippen LogP contribution in [0, 0.1) is 5.82 Å². The highest BCUT2D eigenvalue weighted by atomic mass is 32.2. The molecule has 0 aromatic heterocycles. The second-order valence-electron chi connectivity index (χ2n) is 8.75. The average Bonchev–Trinajstić information content (AvgIpc) is 3.37. The zero-order chi connectivity index (χ0) is 28.5. The summed E-state index contributed by atoms with van der Waals surface area (Å²) >= 11 is 8.08. The molecule has 4 rings (SSSR count). The van der Waals surface area contributed by atoms with E-state index in [1.165, 1.54) is 45.6 Å². The van der Waals surface area contributed by atoms with Gasteiger partial charge in [-0.15, -0.1) is 0 Å². The molecule has 0 saturated heterocycles. The Labute approximate surface area is 238 Å². The van der Waals surface area contributed by atoms with Crippen molar-refractivity contribution in [1.82, 2.24) is 0 Å². The maximum Gasteiger partial charge on any atom is 0.346 e. The number of halogens is 1. The van der Waals surface area contributed by atoms with Crippen LogP contribution in [0.1, 0.15) is 19.4 Å². The number of hydrogen-bond donors (Lipinski definition) is 0. The molecule has 0 saturated carbocycles. The molecule has 2 aliphatic rings. The standard InChI is InChI=1S/C27H24FNO7S3/c1-27(2)23(37)20(26-38-21(24(31)34-4)22(39-26)25(32)35-5)17-12-16(33-3)10-11-18(17)29(27)19(30)13-36-15-8-6-14(28)7-9-15/h6-12H,13H2,1-5H3. The van der Waals surface area contributed by atoms with E-state index in [1.807, 2.05) is 0 Å². The molecule has 0 atom stereocenters. The van der Waals surface area contributed by atoms with E-state index in [4.69, 9.17) is 31.2 Å². The number of nitrogens with zero attached hydrogens (tertiary/aromatic N) is 1. The minimum Gasteiger partial charge on any atom is -0.497 e. The first-order valence-corrected chi connectivity index (χ1v) is 13.5. The second-order valence-corrected chi connectivity index (χ2v) is 11.5. The number of amides is 1. The van der Waals surface area contributed by atoms with Gasteiger partial charge in [-0.25, -0.2) is 14.0 Å². The third kappa shape index (κ3) is 5.41. The summed E-state index contributed by atoms with van der Waals surface area (Å²) < 4.78 is 34.7. The summed E-state index contributed by atoms with van der Waals surface area (Å²) in [4.78, 5) is 40.7. The van der Waals surface area contributed by atoms with Crippen LogP contribution in [0.15, 0.2) is 56.5 Å². The lowest BCUT2D eigenvalue weighted by atomic mass is 9.83. The Morgan fingerprint density at radius 1 is 0.923 bits per heavy atom. The van der Waals surface area contributed by atoms with E-state index in [1.54, 1.807) is 36.9 Å². The van der Waals surface area contributed by atoms with Crippen molar-refractivity contribution in [3.63, 3.8) is 0 Å². The molecule has 0 unspecified atom stereocenters. The van der Waals surface area contributed by atoms with Gasteiger partial charge in [0.05, 0.1) is 41.7 Å². The van der Waals surface area contributed by atoms with Crippen LogP contribution in [0.2, 0.25) is 0 Å². The van der Waals surface area contributed by atoms with Gasteiger partial charge in [0.2, 0.25) is 0 Å². The van der Waals surface area contributed by atoms with Gasteiger partial charge in [-0.2, -0.15) is 0 Å². The van der Waals surface area contributed by atoms with Gasteiger partial charge in [0, 0.05) is 11.1 Å². The predicted molar refractivity (Wildman–Crippen MR) is 152 cm³/mol. The Morgan fingerprint density at radius 2 is 1.49 bits per heavy atom. The number of anilines is 1. The van der Waals surface area contributed by atoms with Gasteiger partial charge in [-0.05, 0) is 56.3 Å². The van der Waals surface area contributed by atoms with Crippen LogP contribution in [0.25, 0.3) is 5.57 Å². The Balaban J connectivity index is 1.80. The molecule has 0 N–H and O–H groups in total. The van der Waals surface area contributed by atoms with E-state index in [9.17, 15) is 18.8 Å². The highest BCUT2D eigenvalue weighted by Gasteiger charge is 2.46. The van der Waals surface area contributed by atoms with Gasteiger partial charge >= 0.3 is 11.9 Å². The third-order valence-electron chi connectivity index (χ3n) is 6.02. The monoisotopic (exact) mass is 589 g/mol. The lowest BCUT2D eigenvalue weighted by molar-refractivity contribution is -0.138. The number of ether oxygens (including phenoxy) is 4. The van der Waals surface area contributed by atoms with Crippen molar-refractivity contribution in [2.75, 3.05) is 32.8 Å². The van der Waals surface area contributed by atoms with Gasteiger partial charge in [-0.1, -0.05) is 35.7 Å². The maximum atomic E-state index is 13.6. The highest BCUT2D eigenvalue weighted by molar-refractivity contribution is 8.29. The van der Waals surface area contributed by atoms with Crippen LogP contribution in [0.5, 0.6) is 11.5 Å². The highest BCUT2D eigenvalue weighted by Crippen LogP contribution is 2.56. The molecule has 8 nitrogen and oxygen atoms in total. The molecule has 0 radical (unpaired) electrons. The average molecular weight is 590 g/mol. The van der Waals surface area contributed by atoms with Gasteiger partial charge in [-0.3, -0.25) is 9.69 Å². The summed E-state index contributed by atoms with van der Waals surface area (Å²) in [7, 11) is 3.98. The van der Waals surface area contributed by atoms with Crippen LogP contribution in [0.4, 0.5) is 10.1 Å². The molecule has 204 valence electrons. The Morgan fingerprint density at radius 3 is 2.03 bits per heavy atom. The van der Waals surface area contributed by atoms with Crippen LogP contribution in [-0.4, -0.2) is 56.2 Å². The lowest BCUT2D eigenvalue weighted by Gasteiger charge is -2.45. The van der Waals surface area contributed by atoms with Crippen LogP contribution >= 0.6 is 35.7 Å². The Kier molecular flexibility index (Phi) is 8.38. The maximum absolute atomic E-state index is 13.6. The third-order valence-corrected chi connectivity index (χ3v) is 9.28. The van der Waals surface area contributed by atoms with E-state index < -0.39 is 23.3 Å². The molecule has 1 amide bonds. The number of rotatable bonds is 6. The molecule has 2 heterocycles. The van der Waals surface area contributed by atoms with Gasteiger partial charge in [0.1, 0.15) is 27.1 Å². The van der Waals surface area contributed by atoms with E-state index in [2.05, 4.69) is 0 Å². The fraction of sp³-hybridized carbons (Fsp3) is 0.259. The minimum atomic E-state index is -1.01. The number of thiocarbonyl (C=S) groups is 1. The topological polar surface area (TPSA) is 91.4 Å². The van der Waals surface area contributed by atoms with Crippen molar-refractivity contribution < 1.29 is 37.7 Å². The molecule has 0 bridgehead atoms. The Bertz CT molecular complexity index is 1400. The number of thioether (sulfide) groups is 2. The number of methoxy groups -OCH3 is 3. The number of esters is 2.